The molecule has 15 nitrogen and oxygen atoms in total. The Hall–Kier alpha value is -5.78. The SMILES string of the molecule is COc1cc(CO[C@H]2CN(C(=O)O)C[C@@H](OC[C@H](O)COS(=O)(=O)c3ccc(C)cc3)[C@@H]2c2ccc(OCCCOc3ccccc3[N+](=O)[O-])cc2)cc2ccccc12. The number of aryl methyl sites for hydroxylation is 1. The Morgan fingerprint density at radius 3 is 2.25 bits per heavy atom. The number of likely N-dealkylation sites (tertiary alicyclic amines) is 1. The number of hydrogen-bond donors (Lipinski definition) is 2. The number of carbonyl (C=O) groups is 1. The minimum Gasteiger partial charge on any atom is -0.496 e. The van der Waals surface area contributed by atoms with Gasteiger partial charge < -0.3 is 38.8 Å². The van der Waals surface area contributed by atoms with Gasteiger partial charge in [0, 0.05) is 23.8 Å². The Morgan fingerprint density at radius 2 is 1.54 bits per heavy atom. The highest BCUT2D eigenvalue weighted by Gasteiger charge is 2.41. The summed E-state index contributed by atoms with van der Waals surface area (Å²) in [5.41, 5.74) is 2.31. The highest BCUT2D eigenvalue weighted by Crippen LogP contribution is 2.36. The number of amides is 1. The van der Waals surface area contributed by atoms with E-state index in [1.165, 1.54) is 29.2 Å². The molecule has 1 saturated heterocycles. The van der Waals surface area contributed by atoms with Crippen LogP contribution in [0.1, 0.15) is 29.0 Å². The lowest BCUT2D eigenvalue weighted by atomic mass is 9.84. The molecule has 0 spiro atoms. The lowest BCUT2D eigenvalue weighted by molar-refractivity contribution is -0.385. The number of nitro groups is 1. The summed E-state index contributed by atoms with van der Waals surface area (Å²) >= 11 is 0. The summed E-state index contributed by atoms with van der Waals surface area (Å²) in [6.45, 7) is 1.42. The number of rotatable bonds is 19. The lowest BCUT2D eigenvalue weighted by Crippen LogP contribution is -2.54. The smallest absolute Gasteiger partial charge is 0.407 e. The van der Waals surface area contributed by atoms with E-state index in [0.717, 1.165) is 27.5 Å². The van der Waals surface area contributed by atoms with Crippen molar-refractivity contribution in [2.45, 2.75) is 49.1 Å². The van der Waals surface area contributed by atoms with Gasteiger partial charge in [-0.3, -0.25) is 14.3 Å². The fraction of sp³-hybridized carbons (Fsp3) is 0.326. The largest absolute Gasteiger partial charge is 0.496 e. The summed E-state index contributed by atoms with van der Waals surface area (Å²) in [5.74, 6) is 0.847. The summed E-state index contributed by atoms with van der Waals surface area (Å²) in [7, 11) is -2.57. The number of methoxy groups -OCH3 is 1. The van der Waals surface area contributed by atoms with Crippen LogP contribution in [0.4, 0.5) is 10.5 Å². The van der Waals surface area contributed by atoms with Crippen molar-refractivity contribution < 1.29 is 56.2 Å². The molecular weight excluding hydrogens is 785 g/mol. The molecule has 1 fully saturated rings. The second-order valence-electron chi connectivity index (χ2n) is 14.0. The van der Waals surface area contributed by atoms with Crippen LogP contribution in [-0.4, -0.2) is 99.5 Å². The van der Waals surface area contributed by atoms with Crippen LogP contribution in [0.5, 0.6) is 17.2 Å². The van der Waals surface area contributed by atoms with Crippen molar-refractivity contribution in [2.75, 3.05) is 46.6 Å². The average Bonchev–Trinajstić information content (AvgIpc) is 3.24. The Kier molecular flexibility index (Phi) is 14.4. The number of ether oxygens (including phenoxy) is 5. The monoisotopic (exact) mass is 830 g/mol. The van der Waals surface area contributed by atoms with Gasteiger partial charge in [0.25, 0.3) is 10.1 Å². The fourth-order valence-electron chi connectivity index (χ4n) is 6.84. The van der Waals surface area contributed by atoms with Gasteiger partial charge >= 0.3 is 11.8 Å². The van der Waals surface area contributed by atoms with Gasteiger partial charge in [0.1, 0.15) is 17.6 Å². The van der Waals surface area contributed by atoms with Crippen LogP contribution >= 0.6 is 0 Å². The number of fused-ring (bicyclic) bond motifs is 1. The standard InChI is InChI=1S/C43H46N2O13S/c1-29-12-18-35(19-13-29)59(51,52)58-28-33(46)27-57-41-25-44(43(47)48)24-40(56-26-30-22-32-8-3-4-9-36(32)39(23-30)53-2)42(41)31-14-16-34(17-15-31)54-20-7-21-55-38-11-6-5-10-37(38)45(49)50/h3-6,8-19,22-23,33,40-42,46H,7,20-21,24-28H2,1-2H3,(H,47,48)/t33-,40-,41+,42+/m0/s1. The van der Waals surface area contributed by atoms with Gasteiger partial charge in [0.2, 0.25) is 0 Å². The van der Waals surface area contributed by atoms with Crippen LogP contribution in [0.3, 0.4) is 0 Å². The molecule has 0 saturated carbocycles. The molecule has 0 unspecified atom stereocenters. The molecule has 1 aliphatic heterocycles. The number of nitrogens with zero attached hydrogens (tertiary/aromatic N) is 2. The van der Waals surface area contributed by atoms with Gasteiger partial charge in [-0.1, -0.05) is 66.2 Å². The first-order valence-corrected chi connectivity index (χ1v) is 20.3. The van der Waals surface area contributed by atoms with Crippen LogP contribution < -0.4 is 14.2 Å². The number of hydrogen-bond acceptors (Lipinski definition) is 12. The third-order valence-electron chi connectivity index (χ3n) is 9.81. The third-order valence-corrected chi connectivity index (χ3v) is 11.1. The molecule has 6 rings (SSSR count). The molecule has 4 atom stereocenters. The predicted molar refractivity (Wildman–Crippen MR) is 217 cm³/mol. The molecule has 0 aliphatic carbocycles. The maximum absolute atomic E-state index is 12.8. The third kappa shape index (κ3) is 11.2. The number of aliphatic hydroxyl groups excluding tert-OH is 1. The zero-order chi connectivity index (χ0) is 41.9. The Labute approximate surface area is 341 Å². The van der Waals surface area contributed by atoms with Crippen LogP contribution in [0.25, 0.3) is 10.8 Å². The molecular formula is C43H46N2O13S. The molecule has 0 radical (unpaired) electrons. The minimum atomic E-state index is -4.16. The topological polar surface area (TPSA) is 193 Å². The average molecular weight is 831 g/mol. The zero-order valence-electron chi connectivity index (χ0n) is 32.5. The van der Waals surface area contributed by atoms with E-state index < -0.39 is 52.0 Å². The number of nitro benzene ring substituents is 1. The van der Waals surface area contributed by atoms with E-state index in [9.17, 15) is 33.5 Å². The zero-order valence-corrected chi connectivity index (χ0v) is 33.4. The molecule has 1 aliphatic rings. The summed E-state index contributed by atoms with van der Waals surface area (Å²) in [5, 5.41) is 34.2. The maximum Gasteiger partial charge on any atom is 0.407 e. The minimum absolute atomic E-state index is 0.0167. The normalized spacial score (nSPS) is 17.3. The van der Waals surface area contributed by atoms with Gasteiger partial charge in [-0.2, -0.15) is 8.42 Å². The van der Waals surface area contributed by atoms with Crippen molar-refractivity contribution in [3.8, 4) is 17.2 Å². The molecule has 2 N–H and O–H groups in total. The quantitative estimate of drug-likeness (QED) is 0.0386. The predicted octanol–water partition coefficient (Wildman–Crippen LogP) is 6.73. The summed E-state index contributed by atoms with van der Waals surface area (Å²) in [6.07, 6.45) is -3.64. The highest BCUT2D eigenvalue weighted by atomic mass is 32.2. The molecule has 1 heterocycles. The van der Waals surface area contributed by atoms with Crippen LogP contribution in [0, 0.1) is 17.0 Å². The molecule has 0 bridgehead atoms. The van der Waals surface area contributed by atoms with Gasteiger partial charge in [0.05, 0.1) is 75.3 Å². The van der Waals surface area contributed by atoms with Crippen LogP contribution in [0.2, 0.25) is 0 Å². The number of benzene rings is 5. The van der Waals surface area contributed by atoms with E-state index in [0.29, 0.717) is 17.9 Å². The van der Waals surface area contributed by atoms with Crippen molar-refractivity contribution in [1.29, 1.82) is 0 Å². The molecule has 0 aromatic heterocycles. The first-order valence-electron chi connectivity index (χ1n) is 18.9. The first-order chi connectivity index (χ1) is 28.4. The van der Waals surface area contributed by atoms with Gasteiger partial charge in [-0.15, -0.1) is 0 Å². The second-order valence-corrected chi connectivity index (χ2v) is 15.6. The van der Waals surface area contributed by atoms with Crippen molar-refractivity contribution in [2.24, 2.45) is 0 Å². The lowest BCUT2D eigenvalue weighted by Gasteiger charge is -2.43. The Bertz CT molecular complexity index is 2310. The van der Waals surface area contributed by atoms with E-state index in [1.54, 1.807) is 43.5 Å². The van der Waals surface area contributed by atoms with E-state index in [1.807, 2.05) is 55.5 Å². The summed E-state index contributed by atoms with van der Waals surface area (Å²) < 4.78 is 60.6. The number of carboxylic acid groups (broad SMARTS) is 1. The van der Waals surface area contributed by atoms with Gasteiger partial charge in [-0.05, 0) is 65.9 Å². The summed E-state index contributed by atoms with van der Waals surface area (Å²) in [4.78, 5) is 24.4. The van der Waals surface area contributed by atoms with Gasteiger partial charge in [-0.25, -0.2) is 4.79 Å². The summed E-state index contributed by atoms with van der Waals surface area (Å²) in [6, 6.07) is 31.1. The van der Waals surface area contributed by atoms with Crippen molar-refractivity contribution >= 4 is 32.7 Å². The Morgan fingerprint density at radius 1 is 0.864 bits per heavy atom. The van der Waals surface area contributed by atoms with Crippen molar-refractivity contribution in [3.05, 3.63) is 136 Å². The highest BCUT2D eigenvalue weighted by molar-refractivity contribution is 7.86. The number of para-hydroxylation sites is 2. The Balaban J connectivity index is 1.17. The molecule has 5 aromatic carbocycles. The molecule has 312 valence electrons. The first kappa shape index (κ1) is 42.8. The maximum atomic E-state index is 12.8. The van der Waals surface area contributed by atoms with Crippen LogP contribution in [0.15, 0.2) is 114 Å². The molecule has 16 heteroatoms. The molecule has 1 amide bonds. The van der Waals surface area contributed by atoms with E-state index in [4.69, 9.17) is 27.9 Å². The van der Waals surface area contributed by atoms with E-state index in [2.05, 4.69) is 0 Å². The fourth-order valence-corrected chi connectivity index (χ4v) is 7.78. The van der Waals surface area contributed by atoms with E-state index in [-0.39, 0.29) is 55.8 Å². The van der Waals surface area contributed by atoms with E-state index >= 15 is 0 Å². The van der Waals surface area contributed by atoms with Crippen molar-refractivity contribution in [1.82, 2.24) is 4.90 Å². The molecule has 59 heavy (non-hydrogen) atoms. The number of piperidine rings is 1. The number of aliphatic hydroxyl groups is 1. The van der Waals surface area contributed by atoms with Gasteiger partial charge in [0.15, 0.2) is 5.75 Å². The van der Waals surface area contributed by atoms with Crippen molar-refractivity contribution in [3.63, 3.8) is 0 Å². The molecule has 5 aromatic rings. The van der Waals surface area contributed by atoms with Crippen LogP contribution in [-0.2, 0) is 30.4 Å². The second kappa shape index (κ2) is 19.8.